The first kappa shape index (κ1) is 17.3. The number of halogens is 1. The summed E-state index contributed by atoms with van der Waals surface area (Å²) in [4.78, 5) is 10.9. The van der Waals surface area contributed by atoms with E-state index in [9.17, 15) is 4.79 Å². The van der Waals surface area contributed by atoms with E-state index in [1.54, 1.807) is 6.07 Å². The molecule has 0 amide bonds. The molecule has 0 radical (unpaired) electrons. The number of carboxylic acids is 1. The van der Waals surface area contributed by atoms with Crippen molar-refractivity contribution in [2.45, 2.75) is 25.8 Å². The van der Waals surface area contributed by atoms with Crippen LogP contribution in [0.5, 0.6) is 0 Å². The molecular weight excluding hydrogens is 312 g/mol. The summed E-state index contributed by atoms with van der Waals surface area (Å²) < 4.78 is 0. The van der Waals surface area contributed by atoms with Crippen LogP contribution in [-0.4, -0.2) is 17.6 Å². The molecule has 0 unspecified atom stereocenters. The molecule has 5 heteroatoms. The van der Waals surface area contributed by atoms with Crippen molar-refractivity contribution < 1.29 is 9.90 Å². The van der Waals surface area contributed by atoms with Crippen LogP contribution in [0, 0.1) is 6.92 Å². The highest BCUT2D eigenvalue weighted by atomic mass is 35.5. The number of hydrogen-bond acceptors (Lipinski definition) is 3. The molecule has 0 aliphatic heterocycles. The molecule has 4 nitrogen and oxygen atoms in total. The molecule has 0 aromatic heterocycles. The average molecular weight is 333 g/mol. The van der Waals surface area contributed by atoms with Gasteiger partial charge in [-0.1, -0.05) is 47.5 Å². The van der Waals surface area contributed by atoms with Crippen molar-refractivity contribution in [3.63, 3.8) is 0 Å². The van der Waals surface area contributed by atoms with Gasteiger partial charge in [0.05, 0.1) is 17.1 Å². The molecule has 23 heavy (non-hydrogen) atoms. The smallest absolute Gasteiger partial charge is 0.304 e. The number of aliphatic carboxylic acids is 1. The summed E-state index contributed by atoms with van der Waals surface area (Å²) in [5.41, 5.74) is 9.74. The SMILES string of the molecule is Cc1ccc(CNc2cc([C@H](CN)CC(=O)O)ccc2Cl)cc1. The van der Waals surface area contributed by atoms with Gasteiger partial charge in [-0.05, 0) is 36.7 Å². The monoisotopic (exact) mass is 332 g/mol. The maximum atomic E-state index is 10.9. The third-order valence-electron chi connectivity index (χ3n) is 3.77. The lowest BCUT2D eigenvalue weighted by Crippen LogP contribution is -2.16. The van der Waals surface area contributed by atoms with E-state index in [4.69, 9.17) is 22.4 Å². The summed E-state index contributed by atoms with van der Waals surface area (Å²) in [5, 5.41) is 12.9. The second kappa shape index (κ2) is 7.99. The molecule has 4 N–H and O–H groups in total. The lowest BCUT2D eigenvalue weighted by molar-refractivity contribution is -0.137. The van der Waals surface area contributed by atoms with Gasteiger partial charge in [-0.25, -0.2) is 0 Å². The Morgan fingerprint density at radius 2 is 1.96 bits per heavy atom. The third kappa shape index (κ3) is 4.98. The van der Waals surface area contributed by atoms with E-state index in [0.29, 0.717) is 11.6 Å². The molecule has 2 aromatic carbocycles. The minimum Gasteiger partial charge on any atom is -0.481 e. The van der Waals surface area contributed by atoms with E-state index >= 15 is 0 Å². The summed E-state index contributed by atoms with van der Waals surface area (Å²) >= 11 is 6.23. The van der Waals surface area contributed by atoms with Gasteiger partial charge in [0.1, 0.15) is 0 Å². The zero-order valence-electron chi connectivity index (χ0n) is 13.1. The van der Waals surface area contributed by atoms with Crippen LogP contribution in [0.15, 0.2) is 42.5 Å². The number of hydrogen-bond donors (Lipinski definition) is 3. The van der Waals surface area contributed by atoms with E-state index < -0.39 is 5.97 Å². The van der Waals surface area contributed by atoms with Crippen molar-refractivity contribution in [1.29, 1.82) is 0 Å². The first-order valence-corrected chi connectivity index (χ1v) is 7.88. The van der Waals surface area contributed by atoms with Crippen LogP contribution in [0.2, 0.25) is 5.02 Å². The van der Waals surface area contributed by atoms with Crippen LogP contribution in [0.1, 0.15) is 29.0 Å². The molecule has 0 bridgehead atoms. The Morgan fingerprint density at radius 3 is 2.57 bits per heavy atom. The Kier molecular flexibility index (Phi) is 6.02. The minimum atomic E-state index is -0.857. The molecule has 0 saturated heterocycles. The fraction of sp³-hybridized carbons (Fsp3) is 0.278. The fourth-order valence-electron chi connectivity index (χ4n) is 2.38. The predicted octanol–water partition coefficient (Wildman–Crippen LogP) is 3.78. The van der Waals surface area contributed by atoms with Crippen molar-refractivity contribution >= 4 is 23.3 Å². The Hall–Kier alpha value is -2.04. The number of rotatable bonds is 7. The van der Waals surface area contributed by atoms with Crippen molar-refractivity contribution in [1.82, 2.24) is 0 Å². The normalized spacial score (nSPS) is 12.0. The van der Waals surface area contributed by atoms with Crippen LogP contribution in [0.4, 0.5) is 5.69 Å². The van der Waals surface area contributed by atoms with Gasteiger partial charge in [-0.3, -0.25) is 4.79 Å². The molecule has 1 atom stereocenters. The largest absolute Gasteiger partial charge is 0.481 e. The minimum absolute atomic E-state index is 0.00946. The van der Waals surface area contributed by atoms with Gasteiger partial charge in [0.25, 0.3) is 0 Å². The molecule has 0 aliphatic carbocycles. The molecule has 0 fully saturated rings. The van der Waals surface area contributed by atoms with Crippen LogP contribution in [-0.2, 0) is 11.3 Å². The zero-order chi connectivity index (χ0) is 16.8. The van der Waals surface area contributed by atoms with E-state index in [-0.39, 0.29) is 18.9 Å². The number of anilines is 1. The maximum Gasteiger partial charge on any atom is 0.304 e. The van der Waals surface area contributed by atoms with Crippen molar-refractivity contribution in [2.75, 3.05) is 11.9 Å². The summed E-state index contributed by atoms with van der Waals surface area (Å²) in [7, 11) is 0. The molecule has 0 heterocycles. The predicted molar refractivity (Wildman–Crippen MR) is 94.0 cm³/mol. The molecule has 122 valence electrons. The lowest BCUT2D eigenvalue weighted by Gasteiger charge is -2.16. The Bertz CT molecular complexity index is 671. The number of carbonyl (C=O) groups is 1. The first-order chi connectivity index (χ1) is 11.0. The van der Waals surface area contributed by atoms with Crippen molar-refractivity contribution in [3.05, 3.63) is 64.2 Å². The van der Waals surface area contributed by atoms with Gasteiger partial charge in [0.15, 0.2) is 0 Å². The molecular formula is C18H21ClN2O2. The first-order valence-electron chi connectivity index (χ1n) is 7.50. The summed E-state index contributed by atoms with van der Waals surface area (Å²) in [6.45, 7) is 2.98. The van der Waals surface area contributed by atoms with Gasteiger partial charge >= 0.3 is 5.97 Å². The van der Waals surface area contributed by atoms with Gasteiger partial charge in [-0.2, -0.15) is 0 Å². The standard InChI is InChI=1S/C18H21ClN2O2/c1-12-2-4-13(5-3-12)11-21-17-8-14(6-7-16(17)19)15(10-20)9-18(22)23/h2-8,15,21H,9-11,20H2,1H3,(H,22,23)/t15-/m0/s1. The maximum absolute atomic E-state index is 10.9. The van der Waals surface area contributed by atoms with Gasteiger partial charge < -0.3 is 16.2 Å². The van der Waals surface area contributed by atoms with Gasteiger partial charge in [-0.15, -0.1) is 0 Å². The van der Waals surface area contributed by atoms with Crippen LogP contribution >= 0.6 is 11.6 Å². The van der Waals surface area contributed by atoms with Crippen LogP contribution in [0.25, 0.3) is 0 Å². The zero-order valence-corrected chi connectivity index (χ0v) is 13.8. The summed E-state index contributed by atoms with van der Waals surface area (Å²) in [6, 6.07) is 13.7. The number of benzene rings is 2. The molecule has 2 rings (SSSR count). The highest BCUT2D eigenvalue weighted by Gasteiger charge is 2.15. The Morgan fingerprint density at radius 1 is 1.26 bits per heavy atom. The lowest BCUT2D eigenvalue weighted by atomic mass is 9.95. The van der Waals surface area contributed by atoms with Gasteiger partial charge in [0, 0.05) is 12.5 Å². The number of nitrogens with one attached hydrogen (secondary N) is 1. The topological polar surface area (TPSA) is 75.3 Å². The number of aryl methyl sites for hydroxylation is 1. The highest BCUT2D eigenvalue weighted by Crippen LogP contribution is 2.28. The van der Waals surface area contributed by atoms with Crippen molar-refractivity contribution in [2.24, 2.45) is 5.73 Å². The highest BCUT2D eigenvalue weighted by molar-refractivity contribution is 6.33. The number of carboxylic acid groups (broad SMARTS) is 1. The number of nitrogens with two attached hydrogens (primary N) is 1. The Labute approximate surface area is 141 Å². The summed E-state index contributed by atoms with van der Waals surface area (Å²) in [5.74, 6) is -1.07. The molecule has 2 aromatic rings. The van der Waals surface area contributed by atoms with E-state index in [1.165, 1.54) is 5.56 Å². The molecule has 0 aliphatic rings. The molecule has 0 saturated carbocycles. The quantitative estimate of drug-likeness (QED) is 0.721. The van der Waals surface area contributed by atoms with E-state index in [0.717, 1.165) is 16.8 Å². The Balaban J connectivity index is 2.13. The fourth-order valence-corrected chi connectivity index (χ4v) is 2.57. The third-order valence-corrected chi connectivity index (χ3v) is 4.10. The van der Waals surface area contributed by atoms with Crippen LogP contribution < -0.4 is 11.1 Å². The van der Waals surface area contributed by atoms with E-state index in [2.05, 4.69) is 29.6 Å². The van der Waals surface area contributed by atoms with E-state index in [1.807, 2.05) is 19.1 Å². The molecule has 0 spiro atoms. The second-order valence-electron chi connectivity index (χ2n) is 5.61. The van der Waals surface area contributed by atoms with Crippen LogP contribution in [0.3, 0.4) is 0 Å². The van der Waals surface area contributed by atoms with Gasteiger partial charge in [0.2, 0.25) is 0 Å². The van der Waals surface area contributed by atoms with Crippen molar-refractivity contribution in [3.8, 4) is 0 Å². The average Bonchev–Trinajstić information content (AvgIpc) is 2.53. The summed E-state index contributed by atoms with van der Waals surface area (Å²) in [6.07, 6.45) is 0.00946. The second-order valence-corrected chi connectivity index (χ2v) is 6.02.